The van der Waals surface area contributed by atoms with Crippen molar-refractivity contribution in [1.29, 1.82) is 0 Å². The van der Waals surface area contributed by atoms with Crippen LogP contribution in [0.4, 0.5) is 0 Å². The molecule has 1 heterocycles. The Morgan fingerprint density at radius 1 is 1.03 bits per heavy atom. The number of carbonyl (C=O) groups is 1. The molecule has 6 heteroatoms. The van der Waals surface area contributed by atoms with E-state index in [1.165, 1.54) is 0 Å². The van der Waals surface area contributed by atoms with Crippen LogP contribution in [-0.4, -0.2) is 23.8 Å². The number of furan rings is 1. The highest BCUT2D eigenvalue weighted by Crippen LogP contribution is 2.22. The topological polar surface area (TPSA) is 84.1 Å². The molecule has 3 aromatic rings. The number of nitrogens with one attached hydrogen (secondary N) is 1. The molecule has 2 aromatic carbocycles. The molecule has 0 bridgehead atoms. The van der Waals surface area contributed by atoms with Gasteiger partial charge in [-0.25, -0.2) is 0 Å². The van der Waals surface area contributed by atoms with Crippen molar-refractivity contribution in [2.45, 2.75) is 26.0 Å². The van der Waals surface area contributed by atoms with Crippen LogP contribution in [-0.2, 0) is 29.2 Å². The Morgan fingerprint density at radius 3 is 2.55 bits per heavy atom. The van der Waals surface area contributed by atoms with Gasteiger partial charge < -0.3 is 19.7 Å². The Labute approximate surface area is 169 Å². The van der Waals surface area contributed by atoms with E-state index in [9.17, 15) is 4.79 Å². The lowest BCUT2D eigenvalue weighted by Gasteiger charge is -2.04. The first-order chi connectivity index (χ1) is 14.2. The number of hydrogen-bond acceptors (Lipinski definition) is 5. The molecular formula is C23H24N2O4. The Balaban J connectivity index is 1.37. The van der Waals surface area contributed by atoms with Gasteiger partial charge in [-0.05, 0) is 23.3 Å². The van der Waals surface area contributed by atoms with Crippen LogP contribution >= 0.6 is 0 Å². The molecule has 0 atom stereocenters. The van der Waals surface area contributed by atoms with Crippen molar-refractivity contribution in [3.05, 3.63) is 83.6 Å². The van der Waals surface area contributed by atoms with Gasteiger partial charge in [0.25, 0.3) is 0 Å². The minimum absolute atomic E-state index is 0.125. The fraction of sp³-hybridized carbons (Fsp3) is 0.217. The average molecular weight is 392 g/mol. The summed E-state index contributed by atoms with van der Waals surface area (Å²) < 4.78 is 5.76. The van der Waals surface area contributed by atoms with Crippen molar-refractivity contribution in [1.82, 2.24) is 5.32 Å². The summed E-state index contributed by atoms with van der Waals surface area (Å²) >= 11 is 0. The molecule has 0 fully saturated rings. The van der Waals surface area contributed by atoms with Gasteiger partial charge in [-0.15, -0.1) is 0 Å². The first-order valence-corrected chi connectivity index (χ1v) is 9.49. The van der Waals surface area contributed by atoms with Crippen LogP contribution in [0.3, 0.4) is 0 Å². The number of oxime groups is 1. The summed E-state index contributed by atoms with van der Waals surface area (Å²) in [6, 6.07) is 21.8. The molecule has 29 heavy (non-hydrogen) atoms. The van der Waals surface area contributed by atoms with E-state index in [4.69, 9.17) is 14.4 Å². The van der Waals surface area contributed by atoms with Crippen molar-refractivity contribution < 1.29 is 19.2 Å². The maximum atomic E-state index is 10.5. The number of hydrogen-bond donors (Lipinski definition) is 2. The second-order valence-corrected chi connectivity index (χ2v) is 6.53. The standard InChI is InChI=1S/C23H24N2O4/c26-23(27)13-14-24-16-19-8-6-18(7-9-19)12-15-25-28-17-21-10-11-22(29-21)20-4-2-1-3-5-20/h1-11,15,24H,12-14,16-17H2,(H,26,27). The molecule has 0 saturated heterocycles. The Hall–Kier alpha value is -3.38. The third kappa shape index (κ3) is 6.93. The van der Waals surface area contributed by atoms with Crippen molar-refractivity contribution in [3.63, 3.8) is 0 Å². The summed E-state index contributed by atoms with van der Waals surface area (Å²) in [5.74, 6) is 0.740. The van der Waals surface area contributed by atoms with Gasteiger partial charge in [0, 0.05) is 31.3 Å². The van der Waals surface area contributed by atoms with Gasteiger partial charge in [0.15, 0.2) is 6.61 Å². The van der Waals surface area contributed by atoms with Crippen molar-refractivity contribution in [2.75, 3.05) is 6.54 Å². The highest BCUT2D eigenvalue weighted by atomic mass is 16.6. The molecule has 0 radical (unpaired) electrons. The highest BCUT2D eigenvalue weighted by Gasteiger charge is 2.04. The summed E-state index contributed by atoms with van der Waals surface area (Å²) in [7, 11) is 0. The van der Waals surface area contributed by atoms with Crippen molar-refractivity contribution >= 4 is 12.2 Å². The zero-order valence-electron chi connectivity index (χ0n) is 16.1. The van der Waals surface area contributed by atoms with Gasteiger partial charge in [-0.1, -0.05) is 59.8 Å². The lowest BCUT2D eigenvalue weighted by atomic mass is 10.1. The van der Waals surface area contributed by atoms with Crippen LogP contribution in [0.2, 0.25) is 0 Å². The molecule has 6 nitrogen and oxygen atoms in total. The number of benzene rings is 2. The lowest BCUT2D eigenvalue weighted by molar-refractivity contribution is -0.136. The van der Waals surface area contributed by atoms with E-state index in [1.54, 1.807) is 6.21 Å². The number of rotatable bonds is 11. The Morgan fingerprint density at radius 2 is 1.79 bits per heavy atom. The minimum atomic E-state index is -0.793. The van der Waals surface area contributed by atoms with E-state index in [0.717, 1.165) is 28.2 Å². The van der Waals surface area contributed by atoms with Crippen molar-refractivity contribution in [2.24, 2.45) is 5.16 Å². The molecule has 0 unspecified atom stereocenters. The zero-order valence-corrected chi connectivity index (χ0v) is 16.1. The Kier molecular flexibility index (Phi) is 7.60. The maximum Gasteiger partial charge on any atom is 0.304 e. The van der Waals surface area contributed by atoms with Gasteiger partial charge in [0.05, 0.1) is 6.42 Å². The first kappa shape index (κ1) is 20.4. The predicted octanol–water partition coefficient (Wildman–Crippen LogP) is 4.26. The molecule has 2 N–H and O–H groups in total. The molecule has 1 aromatic heterocycles. The van der Waals surface area contributed by atoms with Crippen LogP contribution in [0.25, 0.3) is 11.3 Å². The fourth-order valence-electron chi connectivity index (χ4n) is 2.73. The van der Waals surface area contributed by atoms with E-state index in [2.05, 4.69) is 10.5 Å². The van der Waals surface area contributed by atoms with Gasteiger partial charge >= 0.3 is 5.97 Å². The third-order valence-corrected chi connectivity index (χ3v) is 4.27. The summed E-state index contributed by atoms with van der Waals surface area (Å²) in [4.78, 5) is 15.8. The average Bonchev–Trinajstić information content (AvgIpc) is 3.21. The number of nitrogens with zero attached hydrogens (tertiary/aromatic N) is 1. The first-order valence-electron chi connectivity index (χ1n) is 9.49. The second-order valence-electron chi connectivity index (χ2n) is 6.53. The van der Waals surface area contributed by atoms with E-state index in [1.807, 2.05) is 66.7 Å². The lowest BCUT2D eigenvalue weighted by Crippen LogP contribution is -2.17. The quantitative estimate of drug-likeness (QED) is 0.289. The number of carboxylic acid groups (broad SMARTS) is 1. The van der Waals surface area contributed by atoms with E-state index in [-0.39, 0.29) is 13.0 Å². The molecule has 0 aliphatic carbocycles. The molecule has 150 valence electrons. The van der Waals surface area contributed by atoms with Gasteiger partial charge in [-0.3, -0.25) is 4.79 Å². The second kappa shape index (κ2) is 10.8. The summed E-state index contributed by atoms with van der Waals surface area (Å²) in [5, 5.41) is 15.7. The number of carboxylic acids is 1. The molecule has 0 spiro atoms. The molecule has 0 aliphatic rings. The Bertz CT molecular complexity index is 918. The SMILES string of the molecule is O=C(O)CCNCc1ccc(CC=NOCc2ccc(-c3ccccc3)o2)cc1. The van der Waals surface area contributed by atoms with E-state index >= 15 is 0 Å². The summed E-state index contributed by atoms with van der Waals surface area (Å²) in [6.07, 6.45) is 2.52. The predicted molar refractivity (Wildman–Crippen MR) is 112 cm³/mol. The van der Waals surface area contributed by atoms with E-state index < -0.39 is 5.97 Å². The minimum Gasteiger partial charge on any atom is -0.481 e. The number of aliphatic carboxylic acids is 1. The van der Waals surface area contributed by atoms with Crippen LogP contribution in [0.5, 0.6) is 0 Å². The zero-order chi connectivity index (χ0) is 20.3. The van der Waals surface area contributed by atoms with Crippen LogP contribution in [0, 0.1) is 0 Å². The fourth-order valence-corrected chi connectivity index (χ4v) is 2.73. The smallest absolute Gasteiger partial charge is 0.304 e. The van der Waals surface area contributed by atoms with Gasteiger partial charge in [0.1, 0.15) is 11.5 Å². The molecule has 0 amide bonds. The largest absolute Gasteiger partial charge is 0.481 e. The van der Waals surface area contributed by atoms with Gasteiger partial charge in [-0.2, -0.15) is 0 Å². The summed E-state index contributed by atoms with van der Waals surface area (Å²) in [5.41, 5.74) is 3.26. The van der Waals surface area contributed by atoms with Gasteiger partial charge in [0.2, 0.25) is 0 Å². The van der Waals surface area contributed by atoms with Crippen molar-refractivity contribution in [3.8, 4) is 11.3 Å². The molecular weight excluding hydrogens is 368 g/mol. The molecule has 3 rings (SSSR count). The maximum absolute atomic E-state index is 10.5. The normalized spacial score (nSPS) is 11.0. The van der Waals surface area contributed by atoms with Crippen LogP contribution in [0.15, 0.2) is 76.3 Å². The van der Waals surface area contributed by atoms with Crippen LogP contribution in [0.1, 0.15) is 23.3 Å². The molecule has 0 saturated carbocycles. The monoisotopic (exact) mass is 392 g/mol. The molecule has 0 aliphatic heterocycles. The summed E-state index contributed by atoms with van der Waals surface area (Å²) in [6.45, 7) is 1.40. The third-order valence-electron chi connectivity index (χ3n) is 4.27. The van der Waals surface area contributed by atoms with Crippen LogP contribution < -0.4 is 5.32 Å². The highest BCUT2D eigenvalue weighted by molar-refractivity contribution is 5.66. The van der Waals surface area contributed by atoms with E-state index in [0.29, 0.717) is 19.5 Å².